The lowest BCUT2D eigenvalue weighted by Gasteiger charge is -2.36. The van der Waals surface area contributed by atoms with Crippen molar-refractivity contribution in [2.24, 2.45) is 13.0 Å². The van der Waals surface area contributed by atoms with E-state index >= 15 is 0 Å². The minimum atomic E-state index is -4.55. The van der Waals surface area contributed by atoms with Crippen LogP contribution in [0.5, 0.6) is 0 Å². The van der Waals surface area contributed by atoms with Crippen LogP contribution < -0.4 is 5.73 Å². The standard InChI is InChI=1S/C25H23F3N6O2/c1-33-22-16-8-14(4-6-18(16)32-23(29)17(22)9-30-33)24(35)34(10-13-2-3-13)20-12-36-11-19-15(20)5-7-21(31-19)25(26,27)28/h4-9,13,20H,2-3,10-12H2,1H3,(H2,29,32)/t20-/m1/s1. The number of benzene rings is 1. The lowest BCUT2D eigenvalue weighted by Crippen LogP contribution is -2.41. The number of aryl methyl sites for hydroxylation is 1. The molecule has 3 aromatic heterocycles. The van der Waals surface area contributed by atoms with Crippen LogP contribution in [0.1, 0.15) is 46.2 Å². The van der Waals surface area contributed by atoms with Gasteiger partial charge in [0.05, 0.1) is 47.6 Å². The molecule has 2 aliphatic rings. The van der Waals surface area contributed by atoms with Gasteiger partial charge in [-0.15, -0.1) is 0 Å². The first-order valence-corrected chi connectivity index (χ1v) is 11.7. The predicted molar refractivity (Wildman–Crippen MR) is 126 cm³/mol. The van der Waals surface area contributed by atoms with Crippen LogP contribution in [-0.2, 0) is 24.6 Å². The molecular weight excluding hydrogens is 473 g/mol. The van der Waals surface area contributed by atoms with Gasteiger partial charge in [0.15, 0.2) is 0 Å². The Kier molecular flexibility index (Phi) is 5.15. The maximum absolute atomic E-state index is 13.9. The number of halogens is 3. The van der Waals surface area contributed by atoms with Crippen molar-refractivity contribution in [2.45, 2.75) is 31.7 Å². The maximum Gasteiger partial charge on any atom is 0.433 e. The van der Waals surface area contributed by atoms with Gasteiger partial charge >= 0.3 is 6.18 Å². The van der Waals surface area contributed by atoms with E-state index in [-0.39, 0.29) is 24.8 Å². The molecule has 1 saturated carbocycles. The van der Waals surface area contributed by atoms with E-state index in [0.717, 1.165) is 29.8 Å². The number of carbonyl (C=O) groups excluding carboxylic acids is 1. The molecular formula is C25H23F3N6O2. The number of carbonyl (C=O) groups is 1. The molecule has 1 amide bonds. The van der Waals surface area contributed by atoms with E-state index in [0.29, 0.717) is 40.3 Å². The van der Waals surface area contributed by atoms with Crippen molar-refractivity contribution in [2.75, 3.05) is 18.9 Å². The van der Waals surface area contributed by atoms with E-state index in [4.69, 9.17) is 10.5 Å². The Morgan fingerprint density at radius 2 is 2.00 bits per heavy atom. The van der Waals surface area contributed by atoms with E-state index in [9.17, 15) is 18.0 Å². The normalized spacial score (nSPS) is 17.9. The summed E-state index contributed by atoms with van der Waals surface area (Å²) in [6.07, 6.45) is -0.896. The van der Waals surface area contributed by atoms with Crippen LogP contribution in [0.2, 0.25) is 0 Å². The first-order valence-electron chi connectivity index (χ1n) is 11.7. The van der Waals surface area contributed by atoms with Gasteiger partial charge in [0.1, 0.15) is 11.5 Å². The highest BCUT2D eigenvalue weighted by atomic mass is 19.4. The zero-order valence-electron chi connectivity index (χ0n) is 19.4. The highest BCUT2D eigenvalue weighted by molar-refractivity contribution is 6.10. The SMILES string of the molecule is Cn1ncc2c(N)nc3ccc(C(=O)N(CC4CC4)[C@@H]4COCc5nc(C(F)(F)F)ccc54)cc3c21. The molecule has 0 radical (unpaired) electrons. The quantitative estimate of drug-likeness (QED) is 0.454. The van der Waals surface area contributed by atoms with Crippen molar-refractivity contribution in [1.29, 1.82) is 0 Å². The number of ether oxygens (including phenoxy) is 1. The molecule has 4 aromatic rings. The van der Waals surface area contributed by atoms with Crippen molar-refractivity contribution >= 4 is 33.5 Å². The number of alkyl halides is 3. The van der Waals surface area contributed by atoms with E-state index in [1.165, 1.54) is 6.07 Å². The largest absolute Gasteiger partial charge is 0.433 e. The van der Waals surface area contributed by atoms with Crippen molar-refractivity contribution in [3.05, 3.63) is 59.0 Å². The van der Waals surface area contributed by atoms with E-state index in [1.54, 1.807) is 41.0 Å². The molecule has 11 heteroatoms. The predicted octanol–water partition coefficient (Wildman–Crippen LogP) is 4.24. The Labute approximate surface area is 203 Å². The summed E-state index contributed by atoms with van der Waals surface area (Å²) in [5, 5.41) is 5.73. The van der Waals surface area contributed by atoms with Gasteiger partial charge in [-0.2, -0.15) is 18.3 Å². The van der Waals surface area contributed by atoms with Crippen LogP contribution in [-0.4, -0.2) is 43.7 Å². The fraction of sp³-hybridized carbons (Fsp3) is 0.360. The Hall–Kier alpha value is -3.73. The molecule has 0 bridgehead atoms. The van der Waals surface area contributed by atoms with Gasteiger partial charge in [-0.1, -0.05) is 6.07 Å². The van der Waals surface area contributed by atoms with Crippen LogP contribution in [0.3, 0.4) is 0 Å². The van der Waals surface area contributed by atoms with Crippen molar-refractivity contribution in [3.63, 3.8) is 0 Å². The summed E-state index contributed by atoms with van der Waals surface area (Å²) in [5.74, 6) is 0.492. The third-order valence-electron chi connectivity index (χ3n) is 6.92. The highest BCUT2D eigenvalue weighted by Crippen LogP contribution is 2.38. The minimum absolute atomic E-state index is 0.0250. The zero-order valence-corrected chi connectivity index (χ0v) is 19.4. The minimum Gasteiger partial charge on any atom is -0.383 e. The first-order chi connectivity index (χ1) is 17.2. The first kappa shape index (κ1) is 22.7. The number of nitrogens with two attached hydrogens (primary N) is 1. The van der Waals surface area contributed by atoms with Gasteiger partial charge in [0.25, 0.3) is 5.91 Å². The summed E-state index contributed by atoms with van der Waals surface area (Å²) in [5.41, 5.74) is 7.80. The average molecular weight is 496 g/mol. The Balaban J connectivity index is 1.42. The zero-order chi connectivity index (χ0) is 25.2. The molecule has 8 nitrogen and oxygen atoms in total. The lowest BCUT2D eigenvalue weighted by molar-refractivity contribution is -0.141. The molecule has 4 heterocycles. The molecule has 1 atom stereocenters. The number of anilines is 1. The summed E-state index contributed by atoms with van der Waals surface area (Å²) < 4.78 is 47.0. The number of amides is 1. The number of nitrogens with zero attached hydrogens (tertiary/aromatic N) is 5. The number of nitrogen functional groups attached to an aromatic ring is 1. The molecule has 0 saturated heterocycles. The third-order valence-corrected chi connectivity index (χ3v) is 6.92. The molecule has 2 N–H and O–H groups in total. The summed E-state index contributed by atoms with van der Waals surface area (Å²) in [6.45, 7) is 0.658. The Morgan fingerprint density at radius 1 is 1.19 bits per heavy atom. The Bertz CT molecular complexity index is 1510. The Morgan fingerprint density at radius 3 is 2.75 bits per heavy atom. The molecule has 1 aromatic carbocycles. The van der Waals surface area contributed by atoms with Crippen molar-refractivity contribution in [1.82, 2.24) is 24.6 Å². The van der Waals surface area contributed by atoms with Gasteiger partial charge < -0.3 is 15.4 Å². The van der Waals surface area contributed by atoms with Gasteiger partial charge in [-0.3, -0.25) is 9.48 Å². The monoisotopic (exact) mass is 496 g/mol. The molecule has 0 spiro atoms. The fourth-order valence-corrected chi connectivity index (χ4v) is 4.89. The third kappa shape index (κ3) is 3.83. The van der Waals surface area contributed by atoms with Crippen molar-refractivity contribution < 1.29 is 22.7 Å². The van der Waals surface area contributed by atoms with Crippen LogP contribution >= 0.6 is 0 Å². The fourth-order valence-electron chi connectivity index (χ4n) is 4.89. The molecule has 186 valence electrons. The lowest BCUT2D eigenvalue weighted by atomic mass is 9.99. The van der Waals surface area contributed by atoms with Gasteiger partial charge in [-0.05, 0) is 43.0 Å². The molecule has 0 unspecified atom stereocenters. The number of pyridine rings is 2. The number of fused-ring (bicyclic) bond motifs is 4. The van der Waals surface area contributed by atoms with Gasteiger partial charge in [0.2, 0.25) is 0 Å². The number of hydrogen-bond donors (Lipinski definition) is 1. The number of aromatic nitrogens is 4. The van der Waals surface area contributed by atoms with Gasteiger partial charge in [-0.25, -0.2) is 9.97 Å². The number of hydrogen-bond acceptors (Lipinski definition) is 6. The van der Waals surface area contributed by atoms with Crippen LogP contribution in [0, 0.1) is 5.92 Å². The molecule has 1 fully saturated rings. The molecule has 1 aliphatic carbocycles. The maximum atomic E-state index is 13.9. The van der Waals surface area contributed by atoms with E-state index in [2.05, 4.69) is 15.1 Å². The molecule has 1 aliphatic heterocycles. The van der Waals surface area contributed by atoms with Crippen LogP contribution in [0.25, 0.3) is 21.8 Å². The summed E-state index contributed by atoms with van der Waals surface area (Å²) in [6, 6.07) is 7.11. The topological polar surface area (TPSA) is 99.2 Å². The van der Waals surface area contributed by atoms with Crippen LogP contribution in [0.4, 0.5) is 19.0 Å². The summed E-state index contributed by atoms with van der Waals surface area (Å²) >= 11 is 0. The summed E-state index contributed by atoms with van der Waals surface area (Å²) in [7, 11) is 1.80. The second-order valence-corrected chi connectivity index (χ2v) is 9.42. The van der Waals surface area contributed by atoms with Crippen LogP contribution in [0.15, 0.2) is 36.5 Å². The molecule has 36 heavy (non-hydrogen) atoms. The second-order valence-electron chi connectivity index (χ2n) is 9.42. The van der Waals surface area contributed by atoms with Gasteiger partial charge in [0, 0.05) is 30.1 Å². The smallest absolute Gasteiger partial charge is 0.383 e. The second kappa shape index (κ2) is 8.16. The number of rotatable bonds is 4. The molecule has 6 rings (SSSR count). The highest BCUT2D eigenvalue weighted by Gasteiger charge is 2.38. The average Bonchev–Trinajstić information content (AvgIpc) is 3.59. The van der Waals surface area contributed by atoms with Crippen molar-refractivity contribution in [3.8, 4) is 0 Å². The van der Waals surface area contributed by atoms with E-state index < -0.39 is 17.9 Å². The van der Waals surface area contributed by atoms with E-state index in [1.807, 2.05) is 0 Å². The summed E-state index contributed by atoms with van der Waals surface area (Å²) in [4.78, 5) is 23.9.